The third-order valence-corrected chi connectivity index (χ3v) is 2.11. The highest BCUT2D eigenvalue weighted by Gasteiger charge is 2.02. The number of nitrogens with one attached hydrogen (secondary N) is 1. The van der Waals surface area contributed by atoms with Crippen LogP contribution in [0.2, 0.25) is 0 Å². The van der Waals surface area contributed by atoms with Gasteiger partial charge in [0, 0.05) is 31.8 Å². The van der Waals surface area contributed by atoms with Crippen LogP contribution in [0.5, 0.6) is 0 Å². The molecule has 0 aromatic carbocycles. The average Bonchev–Trinajstić information content (AvgIpc) is 2.85. The molecular formula is C10H15N5O. The topological polar surface area (TPSA) is 68.8 Å². The number of aromatic nitrogens is 4. The Kier molecular flexibility index (Phi) is 3.19. The zero-order valence-electron chi connectivity index (χ0n) is 9.47. The molecule has 16 heavy (non-hydrogen) atoms. The van der Waals surface area contributed by atoms with Gasteiger partial charge in [-0.2, -0.15) is 5.10 Å². The van der Waals surface area contributed by atoms with E-state index in [2.05, 4.69) is 27.5 Å². The van der Waals surface area contributed by atoms with Crippen molar-refractivity contribution in [2.75, 3.05) is 5.32 Å². The predicted molar refractivity (Wildman–Crippen MR) is 58.9 cm³/mol. The quantitative estimate of drug-likeness (QED) is 0.830. The Bertz CT molecular complexity index is 448. The summed E-state index contributed by atoms with van der Waals surface area (Å²) in [5.41, 5.74) is 1.10. The normalized spacial score (nSPS) is 10.6. The van der Waals surface area contributed by atoms with Gasteiger partial charge in [0.25, 0.3) is 0 Å². The molecule has 0 saturated carbocycles. The zero-order valence-corrected chi connectivity index (χ0v) is 9.47. The van der Waals surface area contributed by atoms with Crippen LogP contribution in [-0.2, 0) is 13.1 Å². The Morgan fingerprint density at radius 3 is 3.00 bits per heavy atom. The molecule has 0 atom stereocenters. The van der Waals surface area contributed by atoms with Crippen LogP contribution >= 0.6 is 0 Å². The maximum absolute atomic E-state index is 5.20. The van der Waals surface area contributed by atoms with Crippen molar-refractivity contribution < 1.29 is 4.42 Å². The van der Waals surface area contributed by atoms with E-state index in [0.717, 1.165) is 18.5 Å². The number of hydrogen-bond acceptors (Lipinski definition) is 5. The lowest BCUT2D eigenvalue weighted by Crippen LogP contribution is -1.99. The van der Waals surface area contributed by atoms with Gasteiger partial charge in [0.1, 0.15) is 0 Å². The van der Waals surface area contributed by atoms with Crippen molar-refractivity contribution in [1.82, 2.24) is 20.0 Å². The van der Waals surface area contributed by atoms with E-state index >= 15 is 0 Å². The van der Waals surface area contributed by atoms with Crippen molar-refractivity contribution in [2.24, 2.45) is 0 Å². The zero-order chi connectivity index (χ0) is 11.4. The van der Waals surface area contributed by atoms with Crippen molar-refractivity contribution in [1.29, 1.82) is 0 Å². The molecule has 0 fully saturated rings. The van der Waals surface area contributed by atoms with Crippen LogP contribution in [0.25, 0.3) is 0 Å². The average molecular weight is 221 g/mol. The van der Waals surface area contributed by atoms with Gasteiger partial charge < -0.3 is 9.73 Å². The van der Waals surface area contributed by atoms with Crippen LogP contribution in [0.3, 0.4) is 0 Å². The number of hydrogen-bond donors (Lipinski definition) is 1. The van der Waals surface area contributed by atoms with Crippen LogP contribution in [0, 0.1) is 6.92 Å². The summed E-state index contributed by atoms with van der Waals surface area (Å²) >= 11 is 0. The molecule has 0 unspecified atom stereocenters. The summed E-state index contributed by atoms with van der Waals surface area (Å²) in [6.45, 7) is 5.48. The fraction of sp³-hybridized carbons (Fsp3) is 0.500. The lowest BCUT2D eigenvalue weighted by molar-refractivity contribution is 0.530. The molecule has 0 spiro atoms. The molecule has 0 aliphatic rings. The van der Waals surface area contributed by atoms with Gasteiger partial charge in [0.05, 0.1) is 6.20 Å². The van der Waals surface area contributed by atoms with Crippen LogP contribution in [0.1, 0.15) is 24.8 Å². The summed E-state index contributed by atoms with van der Waals surface area (Å²) in [6, 6.07) is 0.445. The van der Waals surface area contributed by atoms with E-state index in [1.165, 1.54) is 0 Å². The second-order valence-corrected chi connectivity index (χ2v) is 3.59. The first-order valence-electron chi connectivity index (χ1n) is 5.33. The van der Waals surface area contributed by atoms with E-state index in [1.807, 2.05) is 17.1 Å². The lowest BCUT2D eigenvalue weighted by Gasteiger charge is -1.97. The maximum atomic E-state index is 5.20. The first-order valence-corrected chi connectivity index (χ1v) is 5.33. The standard InChI is InChI=1S/C10H15N5O/c1-3-4-15-7-9(6-12-15)5-11-10-14-13-8(2)16-10/h6-7H,3-5H2,1-2H3,(H,11,14). The molecule has 86 valence electrons. The summed E-state index contributed by atoms with van der Waals surface area (Å²) in [6.07, 6.45) is 4.93. The van der Waals surface area contributed by atoms with Gasteiger partial charge in [-0.3, -0.25) is 4.68 Å². The molecule has 0 bridgehead atoms. The van der Waals surface area contributed by atoms with Crippen molar-refractivity contribution in [2.45, 2.75) is 33.4 Å². The second kappa shape index (κ2) is 4.78. The minimum Gasteiger partial charge on any atom is -0.408 e. The fourth-order valence-corrected chi connectivity index (χ4v) is 1.39. The van der Waals surface area contributed by atoms with Crippen LogP contribution in [0.15, 0.2) is 16.8 Å². The predicted octanol–water partition coefficient (Wildman–Crippen LogP) is 1.60. The van der Waals surface area contributed by atoms with Gasteiger partial charge >= 0.3 is 6.01 Å². The van der Waals surface area contributed by atoms with Gasteiger partial charge in [-0.15, -0.1) is 5.10 Å². The van der Waals surface area contributed by atoms with E-state index < -0.39 is 0 Å². The van der Waals surface area contributed by atoms with Gasteiger partial charge in [0.2, 0.25) is 5.89 Å². The van der Waals surface area contributed by atoms with Gasteiger partial charge in [-0.05, 0) is 6.42 Å². The van der Waals surface area contributed by atoms with E-state index in [0.29, 0.717) is 18.5 Å². The molecule has 2 aromatic rings. The third kappa shape index (κ3) is 2.59. The van der Waals surface area contributed by atoms with Crippen LogP contribution in [0.4, 0.5) is 6.01 Å². The summed E-state index contributed by atoms with van der Waals surface area (Å²) in [7, 11) is 0. The van der Waals surface area contributed by atoms with Crippen molar-refractivity contribution in [3.05, 3.63) is 23.8 Å². The maximum Gasteiger partial charge on any atom is 0.315 e. The minimum absolute atomic E-state index is 0.445. The molecule has 0 aliphatic carbocycles. The largest absolute Gasteiger partial charge is 0.408 e. The van der Waals surface area contributed by atoms with Crippen molar-refractivity contribution in [3.8, 4) is 0 Å². The SMILES string of the molecule is CCCn1cc(CNc2nnc(C)o2)cn1. The molecule has 0 amide bonds. The van der Waals surface area contributed by atoms with E-state index in [-0.39, 0.29) is 0 Å². The Morgan fingerprint density at radius 2 is 2.31 bits per heavy atom. The molecule has 2 aromatic heterocycles. The molecule has 0 radical (unpaired) electrons. The number of aryl methyl sites for hydroxylation is 2. The van der Waals surface area contributed by atoms with Crippen LogP contribution in [-0.4, -0.2) is 20.0 Å². The number of nitrogens with zero attached hydrogens (tertiary/aromatic N) is 4. The Labute approximate surface area is 93.7 Å². The smallest absolute Gasteiger partial charge is 0.315 e. The fourth-order valence-electron chi connectivity index (χ4n) is 1.39. The van der Waals surface area contributed by atoms with Crippen molar-refractivity contribution in [3.63, 3.8) is 0 Å². The molecule has 1 N–H and O–H groups in total. The highest BCUT2D eigenvalue weighted by molar-refractivity contribution is 5.20. The summed E-state index contributed by atoms with van der Waals surface area (Å²) in [5, 5.41) is 14.9. The minimum atomic E-state index is 0.445. The first kappa shape index (κ1) is 10.7. The lowest BCUT2D eigenvalue weighted by atomic mass is 10.3. The summed E-state index contributed by atoms with van der Waals surface area (Å²) < 4.78 is 7.13. The van der Waals surface area contributed by atoms with E-state index in [1.54, 1.807) is 6.92 Å². The second-order valence-electron chi connectivity index (χ2n) is 3.59. The van der Waals surface area contributed by atoms with Crippen LogP contribution < -0.4 is 5.32 Å². The Morgan fingerprint density at radius 1 is 1.44 bits per heavy atom. The molecule has 2 rings (SSSR count). The molecule has 0 saturated heterocycles. The summed E-state index contributed by atoms with van der Waals surface area (Å²) in [5.74, 6) is 0.559. The van der Waals surface area contributed by atoms with Gasteiger partial charge in [0.15, 0.2) is 0 Å². The number of rotatable bonds is 5. The molecule has 6 heteroatoms. The third-order valence-electron chi connectivity index (χ3n) is 2.11. The molecule has 6 nitrogen and oxygen atoms in total. The number of anilines is 1. The Hall–Kier alpha value is -1.85. The molecule has 0 aliphatic heterocycles. The monoisotopic (exact) mass is 221 g/mol. The highest BCUT2D eigenvalue weighted by atomic mass is 16.4. The highest BCUT2D eigenvalue weighted by Crippen LogP contribution is 2.06. The van der Waals surface area contributed by atoms with Gasteiger partial charge in [-0.1, -0.05) is 12.0 Å². The molecular weight excluding hydrogens is 206 g/mol. The summed E-state index contributed by atoms with van der Waals surface area (Å²) in [4.78, 5) is 0. The van der Waals surface area contributed by atoms with E-state index in [9.17, 15) is 0 Å². The van der Waals surface area contributed by atoms with Crippen molar-refractivity contribution >= 4 is 6.01 Å². The first-order chi connectivity index (χ1) is 7.78. The molecule has 2 heterocycles. The van der Waals surface area contributed by atoms with Gasteiger partial charge in [-0.25, -0.2) is 0 Å². The Balaban J connectivity index is 1.89. The van der Waals surface area contributed by atoms with E-state index in [4.69, 9.17) is 4.42 Å².